The Kier molecular flexibility index (Phi) is 10.2. The Morgan fingerprint density at radius 2 is 1.86 bits per heavy atom. The van der Waals surface area contributed by atoms with Gasteiger partial charge in [-0.1, -0.05) is 81.4 Å². The van der Waals surface area contributed by atoms with Gasteiger partial charge in [-0.3, -0.25) is 0 Å². The van der Waals surface area contributed by atoms with Crippen molar-refractivity contribution in [3.05, 3.63) is 47.5 Å². The molecule has 1 rings (SSSR count). The number of rotatable bonds is 9. The molecule has 1 N–H and O–H groups in total. The van der Waals surface area contributed by atoms with Crippen molar-refractivity contribution in [3.8, 4) is 11.8 Å². The molecule has 22 heavy (non-hydrogen) atoms. The van der Waals surface area contributed by atoms with Gasteiger partial charge in [0.2, 0.25) is 0 Å². The molecule has 0 heterocycles. The summed E-state index contributed by atoms with van der Waals surface area (Å²) >= 11 is 0. The zero-order chi connectivity index (χ0) is 16.0. The van der Waals surface area contributed by atoms with Crippen LogP contribution in [0.3, 0.4) is 0 Å². The molecule has 0 aliphatic carbocycles. The Balaban J connectivity index is 2.56. The van der Waals surface area contributed by atoms with Crippen LogP contribution in [0.15, 0.2) is 42.0 Å². The van der Waals surface area contributed by atoms with Crippen molar-refractivity contribution >= 4 is 0 Å². The van der Waals surface area contributed by atoms with Crippen molar-refractivity contribution < 1.29 is 0 Å². The van der Waals surface area contributed by atoms with E-state index in [0.29, 0.717) is 6.04 Å². The van der Waals surface area contributed by atoms with E-state index in [4.69, 9.17) is 0 Å². The molecule has 0 aromatic heterocycles. The molecule has 1 heteroatoms. The van der Waals surface area contributed by atoms with Gasteiger partial charge in [0.1, 0.15) is 0 Å². The molecule has 0 saturated carbocycles. The number of nitrogens with one attached hydrogen (secondary N) is 1. The maximum atomic E-state index is 3.66. The first-order valence-corrected chi connectivity index (χ1v) is 8.70. The maximum absolute atomic E-state index is 3.66. The SMILES string of the molecule is CCCCC#C/C(C)=C\C(CCCC)NCc1ccccc1. The third-order valence-electron chi connectivity index (χ3n) is 3.67. The number of hydrogen-bond acceptors (Lipinski definition) is 1. The summed E-state index contributed by atoms with van der Waals surface area (Å²) in [5, 5.41) is 3.66. The van der Waals surface area contributed by atoms with E-state index in [1.807, 2.05) is 0 Å². The van der Waals surface area contributed by atoms with Gasteiger partial charge in [-0.25, -0.2) is 0 Å². The van der Waals surface area contributed by atoms with Gasteiger partial charge in [-0.15, -0.1) is 0 Å². The van der Waals surface area contributed by atoms with Gasteiger partial charge in [0.05, 0.1) is 0 Å². The largest absolute Gasteiger partial charge is 0.306 e. The highest BCUT2D eigenvalue weighted by Crippen LogP contribution is 2.07. The molecule has 0 saturated heterocycles. The van der Waals surface area contributed by atoms with Gasteiger partial charge in [0.25, 0.3) is 0 Å². The monoisotopic (exact) mass is 297 g/mol. The molecule has 0 spiro atoms. The van der Waals surface area contributed by atoms with E-state index in [2.05, 4.69) is 74.3 Å². The smallest absolute Gasteiger partial charge is 0.0264 e. The van der Waals surface area contributed by atoms with Crippen molar-refractivity contribution in [2.75, 3.05) is 0 Å². The first-order valence-electron chi connectivity index (χ1n) is 8.70. The van der Waals surface area contributed by atoms with Crippen LogP contribution in [-0.2, 0) is 6.54 Å². The highest BCUT2D eigenvalue weighted by Gasteiger charge is 2.04. The molecule has 1 atom stereocenters. The molecule has 0 fully saturated rings. The summed E-state index contributed by atoms with van der Waals surface area (Å²) in [5.41, 5.74) is 2.53. The van der Waals surface area contributed by atoms with Crippen molar-refractivity contribution in [1.29, 1.82) is 0 Å². The highest BCUT2D eigenvalue weighted by molar-refractivity contribution is 5.28. The lowest BCUT2D eigenvalue weighted by molar-refractivity contribution is 0.531. The van der Waals surface area contributed by atoms with Crippen LogP contribution in [0, 0.1) is 11.8 Å². The number of benzene rings is 1. The van der Waals surface area contributed by atoms with Crippen molar-refractivity contribution in [2.45, 2.75) is 71.9 Å². The molecule has 0 aliphatic rings. The average molecular weight is 297 g/mol. The van der Waals surface area contributed by atoms with Crippen LogP contribution in [0.1, 0.15) is 64.9 Å². The third-order valence-corrected chi connectivity index (χ3v) is 3.67. The molecular weight excluding hydrogens is 266 g/mol. The van der Waals surface area contributed by atoms with Gasteiger partial charge in [0, 0.05) is 19.0 Å². The Hall–Kier alpha value is -1.52. The zero-order valence-corrected chi connectivity index (χ0v) is 14.5. The molecule has 1 aromatic rings. The second-order valence-corrected chi connectivity index (χ2v) is 5.87. The van der Waals surface area contributed by atoms with Gasteiger partial charge in [-0.2, -0.15) is 0 Å². The second kappa shape index (κ2) is 12.1. The van der Waals surface area contributed by atoms with E-state index >= 15 is 0 Å². The highest BCUT2D eigenvalue weighted by atomic mass is 14.9. The summed E-state index contributed by atoms with van der Waals surface area (Å²) in [6.45, 7) is 7.50. The van der Waals surface area contributed by atoms with Gasteiger partial charge in [0.15, 0.2) is 0 Å². The minimum absolute atomic E-state index is 0.417. The maximum Gasteiger partial charge on any atom is 0.0264 e. The molecule has 0 amide bonds. The minimum Gasteiger partial charge on any atom is -0.306 e. The predicted octanol–water partition coefficient (Wildman–Crippen LogP) is 5.47. The van der Waals surface area contributed by atoms with Crippen LogP contribution in [0.25, 0.3) is 0 Å². The lowest BCUT2D eigenvalue weighted by Crippen LogP contribution is -2.27. The fourth-order valence-electron chi connectivity index (χ4n) is 2.32. The first kappa shape index (κ1) is 18.5. The lowest BCUT2D eigenvalue weighted by atomic mass is 10.1. The van der Waals surface area contributed by atoms with Crippen LogP contribution < -0.4 is 5.32 Å². The molecule has 0 aliphatic heterocycles. The van der Waals surface area contributed by atoms with Crippen LogP contribution in [0.4, 0.5) is 0 Å². The van der Waals surface area contributed by atoms with E-state index < -0.39 is 0 Å². The van der Waals surface area contributed by atoms with E-state index in [-0.39, 0.29) is 0 Å². The Labute approximate surface area is 137 Å². The quantitative estimate of drug-likeness (QED) is 0.470. The van der Waals surface area contributed by atoms with Crippen LogP contribution in [0.5, 0.6) is 0 Å². The van der Waals surface area contributed by atoms with Crippen molar-refractivity contribution in [3.63, 3.8) is 0 Å². The van der Waals surface area contributed by atoms with Gasteiger partial charge < -0.3 is 5.32 Å². The predicted molar refractivity (Wildman–Crippen MR) is 97.7 cm³/mol. The Bertz CT molecular complexity index is 476. The molecule has 1 unspecified atom stereocenters. The fourth-order valence-corrected chi connectivity index (χ4v) is 2.32. The summed E-state index contributed by atoms with van der Waals surface area (Å²) < 4.78 is 0. The van der Waals surface area contributed by atoms with Crippen LogP contribution in [-0.4, -0.2) is 6.04 Å². The molecule has 0 radical (unpaired) electrons. The molecule has 120 valence electrons. The second-order valence-electron chi connectivity index (χ2n) is 5.87. The van der Waals surface area contributed by atoms with Gasteiger partial charge >= 0.3 is 0 Å². The molecule has 1 aromatic carbocycles. The fraction of sp³-hybridized carbons (Fsp3) is 0.524. The number of hydrogen-bond donors (Lipinski definition) is 1. The van der Waals surface area contributed by atoms with Crippen molar-refractivity contribution in [2.24, 2.45) is 0 Å². The Morgan fingerprint density at radius 1 is 1.14 bits per heavy atom. The summed E-state index contributed by atoms with van der Waals surface area (Å²) in [6, 6.07) is 11.0. The minimum atomic E-state index is 0.417. The van der Waals surface area contributed by atoms with E-state index in [0.717, 1.165) is 13.0 Å². The zero-order valence-electron chi connectivity index (χ0n) is 14.5. The molecule has 1 nitrogen and oxygen atoms in total. The standard InChI is InChI=1S/C21H31N/c1-4-6-8-10-13-19(3)17-21(16-7-5-2)22-18-20-14-11-9-12-15-20/h9,11-12,14-15,17,21-22H,4-8,16,18H2,1-3H3/b19-17-. The Morgan fingerprint density at radius 3 is 2.55 bits per heavy atom. The van der Waals surface area contributed by atoms with Crippen molar-refractivity contribution in [1.82, 2.24) is 5.32 Å². The lowest BCUT2D eigenvalue weighted by Gasteiger charge is -2.15. The third kappa shape index (κ3) is 8.70. The summed E-state index contributed by atoms with van der Waals surface area (Å²) in [7, 11) is 0. The van der Waals surface area contributed by atoms with E-state index in [1.165, 1.54) is 43.2 Å². The van der Waals surface area contributed by atoms with E-state index in [1.54, 1.807) is 0 Å². The number of unbranched alkanes of at least 4 members (excludes halogenated alkanes) is 3. The topological polar surface area (TPSA) is 12.0 Å². The van der Waals surface area contributed by atoms with E-state index in [9.17, 15) is 0 Å². The average Bonchev–Trinajstić information content (AvgIpc) is 2.55. The van der Waals surface area contributed by atoms with Crippen LogP contribution >= 0.6 is 0 Å². The van der Waals surface area contributed by atoms with Gasteiger partial charge in [-0.05, 0) is 30.9 Å². The first-order chi connectivity index (χ1) is 10.8. The summed E-state index contributed by atoms with van der Waals surface area (Å²) in [6.07, 6.45) is 9.40. The molecule has 0 bridgehead atoms. The van der Waals surface area contributed by atoms with Crippen LogP contribution in [0.2, 0.25) is 0 Å². The normalized spacial score (nSPS) is 12.6. The summed E-state index contributed by atoms with van der Waals surface area (Å²) in [4.78, 5) is 0. The number of allylic oxidation sites excluding steroid dienone is 1. The summed E-state index contributed by atoms with van der Waals surface area (Å²) in [5.74, 6) is 6.57. The molecular formula is C21H31N.